The summed E-state index contributed by atoms with van der Waals surface area (Å²) in [7, 11) is 0. The molecule has 3 amide bonds. The van der Waals surface area contributed by atoms with Crippen LogP contribution in [0.4, 0.5) is 10.6 Å². The maximum absolute atomic E-state index is 13.1. The first-order valence-corrected chi connectivity index (χ1v) is 13.1. The molecule has 1 N–H and O–H groups in total. The fourth-order valence-electron chi connectivity index (χ4n) is 5.23. The lowest BCUT2D eigenvalue weighted by Crippen LogP contribution is -2.51. The molecule has 0 unspecified atom stereocenters. The Balaban J connectivity index is 1.12. The average Bonchev–Trinajstić information content (AvgIpc) is 2.94. The van der Waals surface area contributed by atoms with Gasteiger partial charge in [0.1, 0.15) is 11.6 Å². The van der Waals surface area contributed by atoms with Crippen molar-refractivity contribution in [2.24, 2.45) is 5.92 Å². The van der Waals surface area contributed by atoms with Crippen molar-refractivity contribution in [3.05, 3.63) is 66.4 Å². The van der Waals surface area contributed by atoms with E-state index in [1.807, 2.05) is 54.6 Å². The van der Waals surface area contributed by atoms with E-state index >= 15 is 0 Å². The topological polar surface area (TPSA) is 74.8 Å². The average molecular weight is 487 g/mol. The molecular formula is C29H34N4O3. The number of pyridine rings is 1. The number of nitrogens with zero attached hydrogens (tertiary/aromatic N) is 3. The Labute approximate surface area is 212 Å². The van der Waals surface area contributed by atoms with Gasteiger partial charge in [-0.3, -0.25) is 10.1 Å². The van der Waals surface area contributed by atoms with Crippen molar-refractivity contribution in [3.63, 3.8) is 0 Å². The number of nitrogens with one attached hydrogen (secondary N) is 1. The predicted octanol–water partition coefficient (Wildman–Crippen LogP) is 5.57. The summed E-state index contributed by atoms with van der Waals surface area (Å²) in [6.45, 7) is 2.62. The Morgan fingerprint density at radius 2 is 1.69 bits per heavy atom. The second kappa shape index (κ2) is 11.4. The van der Waals surface area contributed by atoms with Gasteiger partial charge in [0.2, 0.25) is 0 Å². The second-order valence-electron chi connectivity index (χ2n) is 9.76. The second-order valence-corrected chi connectivity index (χ2v) is 9.76. The fourth-order valence-corrected chi connectivity index (χ4v) is 5.23. The number of amides is 3. The minimum absolute atomic E-state index is 0.0245. The third kappa shape index (κ3) is 5.78. The van der Waals surface area contributed by atoms with Crippen LogP contribution >= 0.6 is 0 Å². The standard InChI is InChI=1S/C29H34N4O3/c34-28(24-10-6-11-25(21-24)36-20-14-22-7-2-1-3-8-22)32-16-18-33(19-17-32)29(35)31-27-26-12-5-4-9-23(26)13-15-30-27/h4-6,9-13,15,21-22H,1-3,7-8,14,16-20H2,(H,30,31,35). The molecule has 3 aromatic rings. The van der Waals surface area contributed by atoms with Crippen LogP contribution in [0.1, 0.15) is 48.9 Å². The molecule has 1 aliphatic heterocycles. The molecule has 36 heavy (non-hydrogen) atoms. The number of ether oxygens (including phenoxy) is 1. The van der Waals surface area contributed by atoms with Crippen LogP contribution in [0.3, 0.4) is 0 Å². The highest BCUT2D eigenvalue weighted by atomic mass is 16.5. The molecule has 1 saturated heterocycles. The number of hydrogen-bond donors (Lipinski definition) is 1. The fraction of sp³-hybridized carbons (Fsp3) is 0.414. The quantitative estimate of drug-likeness (QED) is 0.494. The van der Waals surface area contributed by atoms with Gasteiger partial charge in [0, 0.05) is 43.3 Å². The van der Waals surface area contributed by atoms with Crippen LogP contribution in [-0.4, -0.2) is 59.5 Å². The molecule has 0 spiro atoms. The third-order valence-corrected chi connectivity index (χ3v) is 7.35. The van der Waals surface area contributed by atoms with E-state index in [4.69, 9.17) is 4.74 Å². The van der Waals surface area contributed by atoms with Crippen molar-refractivity contribution in [3.8, 4) is 5.75 Å². The molecular weight excluding hydrogens is 452 g/mol. The predicted molar refractivity (Wildman–Crippen MR) is 141 cm³/mol. The van der Waals surface area contributed by atoms with Crippen molar-refractivity contribution >= 4 is 28.5 Å². The number of piperazine rings is 1. The largest absolute Gasteiger partial charge is 0.494 e. The highest BCUT2D eigenvalue weighted by Crippen LogP contribution is 2.27. The maximum atomic E-state index is 13.1. The normalized spacial score (nSPS) is 16.7. The first-order valence-electron chi connectivity index (χ1n) is 13.1. The molecule has 2 fully saturated rings. The zero-order chi connectivity index (χ0) is 24.7. The summed E-state index contributed by atoms with van der Waals surface area (Å²) >= 11 is 0. The molecule has 0 radical (unpaired) electrons. The van der Waals surface area contributed by atoms with Gasteiger partial charge in [-0.15, -0.1) is 0 Å². The molecule has 2 heterocycles. The van der Waals surface area contributed by atoms with E-state index in [0.29, 0.717) is 44.2 Å². The molecule has 0 bridgehead atoms. The van der Waals surface area contributed by atoms with Crippen molar-refractivity contribution in [2.75, 3.05) is 38.1 Å². The molecule has 2 aromatic carbocycles. The number of anilines is 1. The Morgan fingerprint density at radius 1 is 0.917 bits per heavy atom. The van der Waals surface area contributed by atoms with Gasteiger partial charge in [-0.1, -0.05) is 62.4 Å². The van der Waals surface area contributed by atoms with Crippen LogP contribution in [0.2, 0.25) is 0 Å². The van der Waals surface area contributed by atoms with Crippen LogP contribution in [0.5, 0.6) is 5.75 Å². The Bertz CT molecular complexity index is 1190. The number of aromatic nitrogens is 1. The molecule has 7 heteroatoms. The Hall–Kier alpha value is -3.61. The van der Waals surface area contributed by atoms with Gasteiger partial charge in [0.05, 0.1) is 6.61 Å². The zero-order valence-electron chi connectivity index (χ0n) is 20.7. The lowest BCUT2D eigenvalue weighted by atomic mass is 9.87. The van der Waals surface area contributed by atoms with Crippen LogP contribution in [0.15, 0.2) is 60.8 Å². The van der Waals surface area contributed by atoms with Crippen LogP contribution in [-0.2, 0) is 0 Å². The minimum Gasteiger partial charge on any atom is -0.494 e. The number of carbonyl (C=O) groups is 2. The van der Waals surface area contributed by atoms with E-state index in [0.717, 1.165) is 28.9 Å². The van der Waals surface area contributed by atoms with Crippen molar-refractivity contribution < 1.29 is 14.3 Å². The summed E-state index contributed by atoms with van der Waals surface area (Å²) in [6.07, 6.45) is 9.43. The highest BCUT2D eigenvalue weighted by molar-refractivity contribution is 6.00. The summed E-state index contributed by atoms with van der Waals surface area (Å²) in [4.78, 5) is 33.9. The lowest BCUT2D eigenvalue weighted by Gasteiger charge is -2.34. The third-order valence-electron chi connectivity index (χ3n) is 7.35. The minimum atomic E-state index is -0.195. The molecule has 1 saturated carbocycles. The SMILES string of the molecule is O=C(Nc1nccc2ccccc12)N1CCN(C(=O)c2cccc(OCCC3CCCCC3)c2)CC1. The Morgan fingerprint density at radius 3 is 2.53 bits per heavy atom. The van der Waals surface area contributed by atoms with Crippen LogP contribution in [0.25, 0.3) is 10.8 Å². The van der Waals surface area contributed by atoms with Gasteiger partial charge < -0.3 is 14.5 Å². The van der Waals surface area contributed by atoms with E-state index in [-0.39, 0.29) is 11.9 Å². The molecule has 188 valence electrons. The smallest absolute Gasteiger partial charge is 0.323 e. The number of hydrogen-bond acceptors (Lipinski definition) is 4. The number of urea groups is 1. The molecule has 1 aliphatic carbocycles. The summed E-state index contributed by atoms with van der Waals surface area (Å²) in [6, 6.07) is 17.0. The summed E-state index contributed by atoms with van der Waals surface area (Å²) < 4.78 is 5.98. The van der Waals surface area contributed by atoms with E-state index in [2.05, 4.69) is 10.3 Å². The van der Waals surface area contributed by atoms with Crippen LogP contribution in [0, 0.1) is 5.92 Å². The van der Waals surface area contributed by atoms with Crippen molar-refractivity contribution in [2.45, 2.75) is 38.5 Å². The molecule has 5 rings (SSSR count). The van der Waals surface area contributed by atoms with Crippen molar-refractivity contribution in [1.82, 2.24) is 14.8 Å². The number of carbonyl (C=O) groups excluding carboxylic acids is 2. The van der Waals surface area contributed by atoms with Gasteiger partial charge in [-0.25, -0.2) is 9.78 Å². The number of benzene rings is 2. The van der Waals surface area contributed by atoms with Gasteiger partial charge in [-0.2, -0.15) is 0 Å². The van der Waals surface area contributed by atoms with Crippen LogP contribution < -0.4 is 10.1 Å². The van der Waals surface area contributed by atoms with E-state index < -0.39 is 0 Å². The molecule has 1 aromatic heterocycles. The lowest BCUT2D eigenvalue weighted by molar-refractivity contribution is 0.0671. The van der Waals surface area contributed by atoms with Gasteiger partial charge >= 0.3 is 6.03 Å². The monoisotopic (exact) mass is 486 g/mol. The molecule has 0 atom stereocenters. The number of fused-ring (bicyclic) bond motifs is 1. The van der Waals surface area contributed by atoms with Gasteiger partial charge in [-0.05, 0) is 42.0 Å². The van der Waals surface area contributed by atoms with Crippen molar-refractivity contribution in [1.29, 1.82) is 0 Å². The van der Waals surface area contributed by atoms with E-state index in [1.165, 1.54) is 32.1 Å². The molecule has 7 nitrogen and oxygen atoms in total. The van der Waals surface area contributed by atoms with Gasteiger partial charge in [0.15, 0.2) is 0 Å². The maximum Gasteiger partial charge on any atom is 0.323 e. The first-order chi connectivity index (χ1) is 17.7. The summed E-state index contributed by atoms with van der Waals surface area (Å²) in [5, 5.41) is 4.87. The van der Waals surface area contributed by atoms with Gasteiger partial charge in [0.25, 0.3) is 5.91 Å². The molecule has 2 aliphatic rings. The van der Waals surface area contributed by atoms with E-state index in [9.17, 15) is 9.59 Å². The zero-order valence-corrected chi connectivity index (χ0v) is 20.7. The summed E-state index contributed by atoms with van der Waals surface area (Å²) in [5.41, 5.74) is 0.628. The Kier molecular flexibility index (Phi) is 7.64. The number of rotatable bonds is 6. The summed E-state index contributed by atoms with van der Waals surface area (Å²) in [5.74, 6) is 2.05. The highest BCUT2D eigenvalue weighted by Gasteiger charge is 2.25. The first kappa shape index (κ1) is 24.1. The van der Waals surface area contributed by atoms with E-state index in [1.54, 1.807) is 16.0 Å².